The first-order valence-corrected chi connectivity index (χ1v) is 14.1. The molecule has 0 aliphatic heterocycles. The number of halogens is 3. The van der Waals surface area contributed by atoms with Crippen LogP contribution in [0.4, 0.5) is 13.2 Å². The molecule has 0 saturated heterocycles. The average molecular weight is 597 g/mol. The van der Waals surface area contributed by atoms with Crippen LogP contribution in [0.15, 0.2) is 0 Å². The molecule has 5 aliphatic carbocycles. The van der Waals surface area contributed by atoms with Gasteiger partial charge in [-0.3, -0.25) is 9.59 Å². The highest BCUT2D eigenvalue weighted by molar-refractivity contribution is 5.76. The van der Waals surface area contributed by atoms with E-state index in [1.54, 1.807) is 13.8 Å². The maximum Gasteiger partial charge on any atom is 0.391 e. The standard InChI is InChI=1S/C16H26O2.C13H21F3O2.5CH4/c1-4-15(2,3)14(17)18-16-8-11-5-12(9-16)7-13(6-11)10-16;1-4-12(2,3)11(17)18-10-7-5-9(6-8-10)13(14,15)16;;;;;/h11-13H,4-10H2,1-3H3;9-10H,4-8H2,1-3H3;5*1H4. The lowest BCUT2D eigenvalue weighted by molar-refractivity contribution is -0.196. The highest BCUT2D eigenvalue weighted by Crippen LogP contribution is 2.57. The molecule has 0 spiro atoms. The normalized spacial score (nSPS) is 29.8. The molecule has 0 atom stereocenters. The second-order valence-electron chi connectivity index (χ2n) is 13.4. The summed E-state index contributed by atoms with van der Waals surface area (Å²) in [5.41, 5.74) is -0.942. The van der Waals surface area contributed by atoms with E-state index in [9.17, 15) is 22.8 Å². The topological polar surface area (TPSA) is 52.6 Å². The molecule has 41 heavy (non-hydrogen) atoms. The van der Waals surface area contributed by atoms with E-state index < -0.39 is 17.5 Å². The number of hydrogen-bond acceptors (Lipinski definition) is 4. The van der Waals surface area contributed by atoms with Crippen LogP contribution in [0.1, 0.15) is 156 Å². The molecule has 248 valence electrons. The summed E-state index contributed by atoms with van der Waals surface area (Å²) in [6, 6.07) is 0. The van der Waals surface area contributed by atoms with Gasteiger partial charge in [0.15, 0.2) is 0 Å². The van der Waals surface area contributed by atoms with Gasteiger partial charge in [0.1, 0.15) is 11.7 Å². The van der Waals surface area contributed by atoms with Gasteiger partial charge < -0.3 is 9.47 Å². The zero-order valence-electron chi connectivity index (χ0n) is 23.1. The number of hydrogen-bond donors (Lipinski definition) is 0. The first kappa shape index (κ1) is 44.2. The summed E-state index contributed by atoms with van der Waals surface area (Å²) >= 11 is 0. The van der Waals surface area contributed by atoms with Gasteiger partial charge in [0.2, 0.25) is 0 Å². The molecule has 4 nitrogen and oxygen atoms in total. The van der Waals surface area contributed by atoms with Gasteiger partial charge >= 0.3 is 18.1 Å². The first-order valence-electron chi connectivity index (χ1n) is 14.1. The third kappa shape index (κ3) is 11.1. The van der Waals surface area contributed by atoms with Gasteiger partial charge in [-0.25, -0.2) is 0 Å². The van der Waals surface area contributed by atoms with Crippen molar-refractivity contribution in [2.75, 3.05) is 0 Å². The third-order valence-corrected chi connectivity index (χ3v) is 9.58. The minimum Gasteiger partial charge on any atom is -0.462 e. The Balaban J connectivity index is -0.000000628. The summed E-state index contributed by atoms with van der Waals surface area (Å²) in [7, 11) is 0. The summed E-state index contributed by atoms with van der Waals surface area (Å²) in [5, 5.41) is 0. The third-order valence-electron chi connectivity index (χ3n) is 9.58. The summed E-state index contributed by atoms with van der Waals surface area (Å²) in [5.74, 6) is 1.02. The van der Waals surface area contributed by atoms with E-state index >= 15 is 0 Å². The second-order valence-corrected chi connectivity index (χ2v) is 13.4. The van der Waals surface area contributed by atoms with Crippen LogP contribution < -0.4 is 0 Å². The van der Waals surface area contributed by atoms with Gasteiger partial charge in [-0.2, -0.15) is 13.2 Å². The summed E-state index contributed by atoms with van der Waals surface area (Å²) in [4.78, 5) is 24.2. The van der Waals surface area contributed by atoms with Crippen molar-refractivity contribution < 1.29 is 32.2 Å². The van der Waals surface area contributed by atoms with Crippen LogP contribution in [0.2, 0.25) is 0 Å². The summed E-state index contributed by atoms with van der Waals surface area (Å²) in [6.45, 7) is 11.6. The van der Waals surface area contributed by atoms with Crippen molar-refractivity contribution >= 4 is 11.9 Å². The Morgan fingerprint density at radius 1 is 0.683 bits per heavy atom. The van der Waals surface area contributed by atoms with Crippen molar-refractivity contribution in [3.05, 3.63) is 0 Å². The predicted molar refractivity (Wildman–Crippen MR) is 167 cm³/mol. The zero-order chi connectivity index (χ0) is 26.9. The van der Waals surface area contributed by atoms with Crippen LogP contribution in [0, 0.1) is 34.5 Å². The predicted octanol–water partition coefficient (Wildman–Crippen LogP) is 11.2. The molecule has 0 N–H and O–H groups in total. The Morgan fingerprint density at radius 3 is 1.39 bits per heavy atom. The van der Waals surface area contributed by atoms with Crippen LogP contribution in [0.25, 0.3) is 0 Å². The monoisotopic (exact) mass is 596 g/mol. The molecule has 0 aromatic carbocycles. The van der Waals surface area contributed by atoms with Crippen molar-refractivity contribution in [1.82, 2.24) is 0 Å². The summed E-state index contributed by atoms with van der Waals surface area (Å²) < 4.78 is 48.8. The quantitative estimate of drug-likeness (QED) is 0.286. The Morgan fingerprint density at radius 2 is 1.05 bits per heavy atom. The van der Waals surface area contributed by atoms with Crippen molar-refractivity contribution in [1.29, 1.82) is 0 Å². The molecule has 4 bridgehead atoms. The molecule has 0 aromatic heterocycles. The number of rotatable bonds is 6. The molecule has 0 heterocycles. The maximum absolute atomic E-state index is 12.5. The van der Waals surface area contributed by atoms with Crippen molar-refractivity contribution in [2.24, 2.45) is 34.5 Å². The van der Waals surface area contributed by atoms with Crippen LogP contribution >= 0.6 is 0 Å². The van der Waals surface area contributed by atoms with Crippen LogP contribution in [0.5, 0.6) is 0 Å². The average Bonchev–Trinajstić information content (AvgIpc) is 2.78. The van der Waals surface area contributed by atoms with Crippen molar-refractivity contribution in [2.45, 2.75) is 174 Å². The fourth-order valence-corrected chi connectivity index (χ4v) is 6.60. The molecule has 5 fully saturated rings. The Kier molecular flexibility index (Phi) is 17.8. The zero-order valence-corrected chi connectivity index (χ0v) is 23.1. The Hall–Kier alpha value is -1.27. The van der Waals surface area contributed by atoms with Gasteiger partial charge in [-0.15, -0.1) is 0 Å². The molecular formula is C34H67F3O4. The SMILES string of the molecule is C.C.C.C.C.CCC(C)(C)C(=O)OC12CC3CC(CC(C3)C1)C2.CCC(C)(C)C(=O)OC1CCC(C(F)(F)F)CC1. The molecule has 0 amide bonds. The van der Waals surface area contributed by atoms with Crippen LogP contribution in [-0.2, 0) is 19.1 Å². The van der Waals surface area contributed by atoms with E-state index in [0.717, 1.165) is 43.4 Å². The van der Waals surface area contributed by atoms with E-state index in [-0.39, 0.29) is 79.0 Å². The van der Waals surface area contributed by atoms with Gasteiger partial charge in [0, 0.05) is 0 Å². The lowest BCUT2D eigenvalue weighted by atomic mass is 9.54. The Bertz CT molecular complexity index is 744. The maximum atomic E-state index is 12.5. The summed E-state index contributed by atoms with van der Waals surface area (Å²) in [6.07, 6.45) is 5.43. The molecule has 0 unspecified atom stereocenters. The second kappa shape index (κ2) is 16.5. The van der Waals surface area contributed by atoms with Crippen LogP contribution in [0.3, 0.4) is 0 Å². The number of ether oxygens (including phenoxy) is 2. The Labute approximate surface area is 252 Å². The van der Waals surface area contributed by atoms with Gasteiger partial charge in [-0.05, 0) is 122 Å². The molecule has 5 saturated carbocycles. The van der Waals surface area contributed by atoms with E-state index in [4.69, 9.17) is 9.47 Å². The van der Waals surface area contributed by atoms with E-state index in [1.165, 1.54) is 19.3 Å². The fraction of sp³-hybridized carbons (Fsp3) is 0.941. The molecule has 0 aromatic rings. The number of carbonyl (C=O) groups excluding carboxylic acids is 2. The molecule has 7 heteroatoms. The smallest absolute Gasteiger partial charge is 0.391 e. The highest BCUT2D eigenvalue weighted by Gasteiger charge is 2.54. The molecular weight excluding hydrogens is 529 g/mol. The lowest BCUT2D eigenvalue weighted by Gasteiger charge is -2.56. The highest BCUT2D eigenvalue weighted by atomic mass is 19.4. The van der Waals surface area contributed by atoms with Crippen LogP contribution in [-0.4, -0.2) is 29.8 Å². The minimum atomic E-state index is -4.11. The van der Waals surface area contributed by atoms with Crippen molar-refractivity contribution in [3.63, 3.8) is 0 Å². The van der Waals surface area contributed by atoms with Crippen molar-refractivity contribution in [3.8, 4) is 0 Å². The van der Waals surface area contributed by atoms with E-state index in [1.807, 2.05) is 20.8 Å². The number of alkyl halides is 3. The van der Waals surface area contributed by atoms with E-state index in [0.29, 0.717) is 19.3 Å². The fourth-order valence-electron chi connectivity index (χ4n) is 6.60. The minimum absolute atomic E-state index is 0. The molecule has 5 aliphatic rings. The largest absolute Gasteiger partial charge is 0.462 e. The van der Waals surface area contributed by atoms with Gasteiger partial charge in [0.05, 0.1) is 16.7 Å². The van der Waals surface area contributed by atoms with E-state index in [2.05, 4.69) is 6.92 Å². The van der Waals surface area contributed by atoms with Gasteiger partial charge in [0.25, 0.3) is 0 Å². The first-order chi connectivity index (χ1) is 16.6. The molecule has 5 rings (SSSR count). The number of esters is 2. The number of carbonyl (C=O) groups is 2. The molecule has 0 radical (unpaired) electrons. The lowest BCUT2D eigenvalue weighted by Crippen LogP contribution is -2.53. The van der Waals surface area contributed by atoms with Gasteiger partial charge in [-0.1, -0.05) is 51.0 Å².